The number of rotatable bonds is 10. The summed E-state index contributed by atoms with van der Waals surface area (Å²) in [6, 6.07) is 14.3. The number of fused-ring (bicyclic) bond motifs is 1. The van der Waals surface area contributed by atoms with Gasteiger partial charge in [-0.25, -0.2) is 9.37 Å². The van der Waals surface area contributed by atoms with Gasteiger partial charge in [0.15, 0.2) is 0 Å². The lowest BCUT2D eigenvalue weighted by molar-refractivity contribution is -0.146. The summed E-state index contributed by atoms with van der Waals surface area (Å²) in [5.74, 6) is -3.37. The van der Waals surface area contributed by atoms with E-state index in [1.165, 1.54) is 19.4 Å². The Morgan fingerprint density at radius 3 is 2.31 bits per heavy atom. The van der Waals surface area contributed by atoms with Crippen LogP contribution >= 0.6 is 0 Å². The molecule has 9 heteroatoms. The number of methoxy groups -OCH3 is 1. The number of imide groups is 1. The highest BCUT2D eigenvalue weighted by atomic mass is 19.1. The van der Waals surface area contributed by atoms with Crippen LogP contribution in [0.15, 0.2) is 60.8 Å². The quantitative estimate of drug-likeness (QED) is 0.416. The molecule has 0 fully saturated rings. The lowest BCUT2D eigenvalue weighted by Crippen LogP contribution is -2.36. The summed E-state index contributed by atoms with van der Waals surface area (Å²) in [5.41, 5.74) is 2.17. The smallest absolute Gasteiger partial charge is 0.309 e. The molecule has 186 valence electrons. The van der Waals surface area contributed by atoms with Crippen LogP contribution in [0.1, 0.15) is 39.1 Å². The molecule has 0 unspecified atom stereocenters. The van der Waals surface area contributed by atoms with E-state index in [2.05, 4.69) is 4.98 Å². The summed E-state index contributed by atoms with van der Waals surface area (Å²) in [7, 11) is 1.48. The molecule has 4 rings (SSSR count). The lowest BCUT2D eigenvalue weighted by atomic mass is 9.92. The van der Waals surface area contributed by atoms with E-state index in [4.69, 9.17) is 4.74 Å². The van der Waals surface area contributed by atoms with E-state index >= 15 is 0 Å². The Labute approximate surface area is 207 Å². The minimum absolute atomic E-state index is 0.0891. The van der Waals surface area contributed by atoms with Gasteiger partial charge in [-0.15, -0.1) is 0 Å². The molecule has 1 aliphatic heterocycles. The number of halogens is 1. The maximum atomic E-state index is 14.4. The molecule has 0 saturated heterocycles. The fourth-order valence-electron chi connectivity index (χ4n) is 4.32. The number of carboxylic acid groups (broad SMARTS) is 1. The molecule has 1 aliphatic rings. The lowest BCUT2D eigenvalue weighted by Gasteiger charge is -2.22. The van der Waals surface area contributed by atoms with E-state index in [1.54, 1.807) is 48.5 Å². The molecular weight excluding hydrogens is 467 g/mol. The van der Waals surface area contributed by atoms with Gasteiger partial charge in [0.2, 0.25) is 5.88 Å². The van der Waals surface area contributed by atoms with Gasteiger partial charge < -0.3 is 14.9 Å². The second-order valence-corrected chi connectivity index (χ2v) is 8.55. The molecule has 2 heterocycles. The van der Waals surface area contributed by atoms with Gasteiger partial charge in [0.05, 0.1) is 30.3 Å². The van der Waals surface area contributed by atoms with Crippen molar-refractivity contribution in [3.05, 3.63) is 83.3 Å². The molecule has 36 heavy (non-hydrogen) atoms. The molecule has 1 aromatic heterocycles. The number of hydrogen-bond donors (Lipinski definition) is 2. The summed E-state index contributed by atoms with van der Waals surface area (Å²) < 4.78 is 19.5. The van der Waals surface area contributed by atoms with Gasteiger partial charge in [0.25, 0.3) is 11.8 Å². The van der Waals surface area contributed by atoms with Gasteiger partial charge in [0, 0.05) is 29.9 Å². The minimum atomic E-state index is -1.23. The molecule has 2 N–H and O–H groups in total. The molecule has 2 amide bonds. The SMILES string of the molecule is COc1ccc(-c2cc(CC[C@@H](O)[C@@H](CCN3C(=O)c4ccccc4C3=O)C(=O)O)ccc2F)cn1. The number of ether oxygens (including phenoxy) is 1. The van der Waals surface area contributed by atoms with Crippen molar-refractivity contribution in [2.24, 2.45) is 5.92 Å². The van der Waals surface area contributed by atoms with Crippen LogP contribution in [0.25, 0.3) is 11.1 Å². The van der Waals surface area contributed by atoms with Crippen LogP contribution in [-0.2, 0) is 11.2 Å². The van der Waals surface area contributed by atoms with Crippen molar-refractivity contribution in [1.82, 2.24) is 9.88 Å². The maximum Gasteiger partial charge on any atom is 0.309 e. The Hall–Kier alpha value is -4.11. The number of pyridine rings is 1. The Morgan fingerprint density at radius 1 is 1.03 bits per heavy atom. The number of amides is 2. The summed E-state index contributed by atoms with van der Waals surface area (Å²) >= 11 is 0. The first-order valence-corrected chi connectivity index (χ1v) is 11.4. The number of aliphatic hydroxyl groups excluding tert-OH is 1. The number of carbonyl (C=O) groups is 3. The number of aromatic nitrogens is 1. The highest BCUT2D eigenvalue weighted by molar-refractivity contribution is 6.21. The van der Waals surface area contributed by atoms with Crippen molar-refractivity contribution in [1.29, 1.82) is 0 Å². The average molecular weight is 493 g/mol. The number of carboxylic acids is 1. The van der Waals surface area contributed by atoms with Crippen LogP contribution in [0.3, 0.4) is 0 Å². The maximum absolute atomic E-state index is 14.4. The van der Waals surface area contributed by atoms with Crippen molar-refractivity contribution in [2.45, 2.75) is 25.4 Å². The summed E-state index contributed by atoms with van der Waals surface area (Å²) in [6.45, 7) is -0.120. The molecule has 0 radical (unpaired) electrons. The van der Waals surface area contributed by atoms with Crippen LogP contribution in [0.4, 0.5) is 4.39 Å². The van der Waals surface area contributed by atoms with Crippen LogP contribution in [0.5, 0.6) is 5.88 Å². The third-order valence-electron chi connectivity index (χ3n) is 6.34. The zero-order valence-corrected chi connectivity index (χ0v) is 19.6. The predicted octanol–water partition coefficient (Wildman–Crippen LogP) is 3.58. The first kappa shape index (κ1) is 25.0. The molecule has 3 aromatic rings. The van der Waals surface area contributed by atoms with Crippen molar-refractivity contribution >= 4 is 17.8 Å². The third-order valence-corrected chi connectivity index (χ3v) is 6.34. The van der Waals surface area contributed by atoms with Gasteiger partial charge in [0.1, 0.15) is 5.82 Å². The van der Waals surface area contributed by atoms with Crippen molar-refractivity contribution in [3.63, 3.8) is 0 Å². The number of aryl methyl sites for hydroxylation is 1. The minimum Gasteiger partial charge on any atom is -0.481 e. The standard InChI is InChI=1S/C27H25FN2O6/c1-36-24-11-8-17(15-29-24)21-14-16(6-9-22(21)28)7-10-23(31)20(27(34)35)12-13-30-25(32)18-4-2-3-5-19(18)26(30)33/h2-6,8-9,11,14-15,20,23,31H,7,10,12-13H2,1H3,(H,34,35)/t20-,23-/m1/s1. The molecule has 0 aliphatic carbocycles. The monoisotopic (exact) mass is 492 g/mol. The molecule has 2 atom stereocenters. The topological polar surface area (TPSA) is 117 Å². The molecule has 0 saturated carbocycles. The highest BCUT2D eigenvalue weighted by Crippen LogP contribution is 2.27. The zero-order chi connectivity index (χ0) is 25.8. The van der Waals surface area contributed by atoms with E-state index in [-0.39, 0.29) is 30.5 Å². The third kappa shape index (κ3) is 5.11. The Balaban J connectivity index is 1.40. The summed E-state index contributed by atoms with van der Waals surface area (Å²) in [4.78, 5) is 42.0. The van der Waals surface area contributed by atoms with E-state index < -0.39 is 35.6 Å². The highest BCUT2D eigenvalue weighted by Gasteiger charge is 2.36. The first-order chi connectivity index (χ1) is 17.3. The largest absolute Gasteiger partial charge is 0.481 e. The fourth-order valence-corrected chi connectivity index (χ4v) is 4.32. The first-order valence-electron chi connectivity index (χ1n) is 11.4. The number of hydrogen-bond acceptors (Lipinski definition) is 6. The zero-order valence-electron chi connectivity index (χ0n) is 19.6. The molecular formula is C27H25FN2O6. The van der Waals surface area contributed by atoms with Gasteiger partial charge >= 0.3 is 5.97 Å². The van der Waals surface area contributed by atoms with Crippen molar-refractivity contribution < 1.29 is 33.7 Å². The number of benzene rings is 2. The number of aliphatic carboxylic acids is 1. The Kier molecular flexibility index (Phi) is 7.40. The molecule has 8 nitrogen and oxygen atoms in total. The van der Waals surface area contributed by atoms with Crippen LogP contribution in [0, 0.1) is 11.7 Å². The number of nitrogens with zero attached hydrogens (tertiary/aromatic N) is 2. The molecule has 0 spiro atoms. The van der Waals surface area contributed by atoms with Gasteiger partial charge in [-0.2, -0.15) is 0 Å². The molecule has 2 aromatic carbocycles. The van der Waals surface area contributed by atoms with E-state index in [0.29, 0.717) is 29.0 Å². The molecule has 0 bridgehead atoms. The predicted molar refractivity (Wildman–Crippen MR) is 128 cm³/mol. The average Bonchev–Trinajstić information content (AvgIpc) is 3.13. The van der Waals surface area contributed by atoms with Gasteiger partial charge in [-0.1, -0.05) is 18.2 Å². The van der Waals surface area contributed by atoms with E-state index in [9.17, 15) is 29.0 Å². The number of carbonyl (C=O) groups excluding carboxylic acids is 2. The van der Waals surface area contributed by atoms with E-state index in [1.807, 2.05) is 0 Å². The Bertz CT molecular complexity index is 1260. The second kappa shape index (κ2) is 10.7. The summed E-state index contributed by atoms with van der Waals surface area (Å²) in [6.07, 6.45) is 0.581. The number of aliphatic hydroxyl groups is 1. The Morgan fingerprint density at radius 2 is 1.72 bits per heavy atom. The van der Waals surface area contributed by atoms with E-state index in [0.717, 1.165) is 4.90 Å². The normalized spacial score (nSPS) is 14.5. The van der Waals surface area contributed by atoms with Crippen LogP contribution in [0.2, 0.25) is 0 Å². The second-order valence-electron chi connectivity index (χ2n) is 8.55. The van der Waals surface area contributed by atoms with Crippen LogP contribution < -0.4 is 4.74 Å². The van der Waals surface area contributed by atoms with Gasteiger partial charge in [-0.05, 0) is 55.2 Å². The fraction of sp³-hybridized carbons (Fsp3) is 0.259. The van der Waals surface area contributed by atoms with Crippen LogP contribution in [-0.4, -0.2) is 57.6 Å². The van der Waals surface area contributed by atoms with Crippen molar-refractivity contribution in [2.75, 3.05) is 13.7 Å². The summed E-state index contributed by atoms with van der Waals surface area (Å²) in [5, 5.41) is 20.3. The van der Waals surface area contributed by atoms with Crippen molar-refractivity contribution in [3.8, 4) is 17.0 Å². The van der Waals surface area contributed by atoms with Gasteiger partial charge in [-0.3, -0.25) is 19.3 Å².